The molecule has 0 aliphatic heterocycles. The van der Waals surface area contributed by atoms with Crippen molar-refractivity contribution in [2.45, 2.75) is 0 Å². The molecule has 2 nitrogen and oxygen atoms in total. The van der Waals surface area contributed by atoms with Crippen molar-refractivity contribution in [3.05, 3.63) is 49.1 Å². The number of hydrogen-bond acceptors (Lipinski definition) is 1. The summed E-state index contributed by atoms with van der Waals surface area (Å²) in [6.07, 6.45) is 4.40. The van der Waals surface area contributed by atoms with E-state index < -0.39 is 5.83 Å². The Hall–Kier alpha value is -1.64. The van der Waals surface area contributed by atoms with Gasteiger partial charge in [-0.2, -0.15) is 5.10 Å². The summed E-state index contributed by atoms with van der Waals surface area (Å²) in [5.74, 6) is -0.490. The summed E-state index contributed by atoms with van der Waals surface area (Å²) in [4.78, 5) is 0. The van der Waals surface area contributed by atoms with E-state index in [0.717, 1.165) is 5.69 Å². The number of H-pyrrole nitrogens is 1. The van der Waals surface area contributed by atoms with Crippen molar-refractivity contribution in [1.29, 1.82) is 0 Å². The third kappa shape index (κ3) is 2.20. The van der Waals surface area contributed by atoms with Gasteiger partial charge in [0.15, 0.2) is 0 Å². The van der Waals surface area contributed by atoms with Crippen LogP contribution in [-0.4, -0.2) is 10.2 Å². The highest BCUT2D eigenvalue weighted by Crippen LogP contribution is 2.10. The molecule has 62 valence electrons. The molecular weight excluding hydrogens is 155 g/mol. The molecule has 1 aromatic rings. The molecule has 0 aliphatic carbocycles. The standard InChI is InChI=1S/C9H9FN2/c1-7(3-4-8(2)10)9-5-6-11-12-9/h3-6H,1-2H2,(H,11,12)/b4-3-. The van der Waals surface area contributed by atoms with Crippen molar-refractivity contribution in [2.75, 3.05) is 0 Å². The highest BCUT2D eigenvalue weighted by molar-refractivity contribution is 5.69. The van der Waals surface area contributed by atoms with Crippen molar-refractivity contribution in [1.82, 2.24) is 10.2 Å². The smallest absolute Gasteiger partial charge is 0.116 e. The van der Waals surface area contributed by atoms with Crippen LogP contribution in [0.25, 0.3) is 5.57 Å². The number of allylic oxidation sites excluding steroid dienone is 4. The van der Waals surface area contributed by atoms with Crippen LogP contribution < -0.4 is 0 Å². The second-order valence-corrected chi connectivity index (χ2v) is 2.28. The Labute approximate surface area is 70.1 Å². The topological polar surface area (TPSA) is 28.7 Å². The molecule has 0 amide bonds. The van der Waals surface area contributed by atoms with Gasteiger partial charge in [0.2, 0.25) is 0 Å². The molecule has 0 aliphatic rings. The number of nitrogens with one attached hydrogen (secondary N) is 1. The lowest BCUT2D eigenvalue weighted by atomic mass is 10.2. The maximum atomic E-state index is 12.2. The van der Waals surface area contributed by atoms with Gasteiger partial charge in [0, 0.05) is 6.20 Å². The van der Waals surface area contributed by atoms with Gasteiger partial charge < -0.3 is 0 Å². The molecule has 1 aromatic heterocycles. The molecule has 3 heteroatoms. The maximum Gasteiger partial charge on any atom is 0.116 e. The van der Waals surface area contributed by atoms with Crippen LogP contribution in [0.5, 0.6) is 0 Å². The Morgan fingerprint density at radius 1 is 1.50 bits per heavy atom. The minimum atomic E-state index is -0.490. The Morgan fingerprint density at radius 3 is 2.75 bits per heavy atom. The van der Waals surface area contributed by atoms with Crippen LogP contribution in [0.3, 0.4) is 0 Å². The first-order valence-electron chi connectivity index (χ1n) is 3.41. The van der Waals surface area contributed by atoms with Crippen molar-refractivity contribution in [2.24, 2.45) is 0 Å². The van der Waals surface area contributed by atoms with Crippen molar-refractivity contribution in [3.63, 3.8) is 0 Å². The summed E-state index contributed by atoms with van der Waals surface area (Å²) >= 11 is 0. The van der Waals surface area contributed by atoms with Gasteiger partial charge in [0.25, 0.3) is 0 Å². The van der Waals surface area contributed by atoms with E-state index in [1.807, 2.05) is 0 Å². The number of nitrogens with zero attached hydrogens (tertiary/aromatic N) is 1. The van der Waals surface area contributed by atoms with E-state index >= 15 is 0 Å². The van der Waals surface area contributed by atoms with Gasteiger partial charge in [0.1, 0.15) is 5.83 Å². The number of aromatic amines is 1. The Kier molecular flexibility index (Phi) is 2.58. The number of rotatable bonds is 3. The van der Waals surface area contributed by atoms with E-state index in [2.05, 4.69) is 23.4 Å². The number of hydrogen-bond donors (Lipinski definition) is 1. The number of aromatic nitrogens is 2. The van der Waals surface area contributed by atoms with Gasteiger partial charge in [-0.15, -0.1) is 0 Å². The highest BCUT2D eigenvalue weighted by atomic mass is 19.1. The molecule has 0 bridgehead atoms. The van der Waals surface area contributed by atoms with Crippen LogP contribution >= 0.6 is 0 Å². The average molecular weight is 164 g/mol. The van der Waals surface area contributed by atoms with E-state index in [9.17, 15) is 4.39 Å². The molecule has 0 radical (unpaired) electrons. The molecule has 0 saturated heterocycles. The lowest BCUT2D eigenvalue weighted by Crippen LogP contribution is -1.78. The highest BCUT2D eigenvalue weighted by Gasteiger charge is 1.94. The molecule has 0 spiro atoms. The summed E-state index contributed by atoms with van der Waals surface area (Å²) in [5.41, 5.74) is 1.44. The monoisotopic (exact) mass is 164 g/mol. The Morgan fingerprint density at radius 2 is 2.25 bits per heavy atom. The van der Waals surface area contributed by atoms with Crippen LogP contribution in [0.15, 0.2) is 43.4 Å². The summed E-state index contributed by atoms with van der Waals surface area (Å²) in [6, 6.07) is 1.76. The largest absolute Gasteiger partial charge is 0.278 e. The van der Waals surface area contributed by atoms with Gasteiger partial charge in [-0.3, -0.25) is 5.10 Å². The molecule has 0 unspecified atom stereocenters. The molecule has 0 atom stereocenters. The third-order valence-corrected chi connectivity index (χ3v) is 1.31. The summed E-state index contributed by atoms with van der Waals surface area (Å²) in [6.45, 7) is 6.79. The van der Waals surface area contributed by atoms with Gasteiger partial charge in [-0.05, 0) is 17.7 Å². The molecule has 0 aromatic carbocycles. The molecule has 1 heterocycles. The normalized spacial score (nSPS) is 10.4. The fraction of sp³-hybridized carbons (Fsp3) is 0. The zero-order valence-corrected chi connectivity index (χ0v) is 6.55. The SMILES string of the molecule is C=C(F)/C=C\C(=C)c1ccn[nH]1. The van der Waals surface area contributed by atoms with Gasteiger partial charge in [-0.1, -0.05) is 19.2 Å². The quantitative estimate of drug-likeness (QED) is 0.683. The van der Waals surface area contributed by atoms with E-state index in [1.165, 1.54) is 12.2 Å². The van der Waals surface area contributed by atoms with Crippen molar-refractivity contribution in [3.8, 4) is 0 Å². The second-order valence-electron chi connectivity index (χ2n) is 2.28. The fourth-order valence-electron chi connectivity index (χ4n) is 0.716. The van der Waals surface area contributed by atoms with Crippen LogP contribution in [0.1, 0.15) is 5.69 Å². The van der Waals surface area contributed by atoms with E-state index in [4.69, 9.17) is 0 Å². The summed E-state index contributed by atoms with van der Waals surface area (Å²) in [7, 11) is 0. The van der Waals surface area contributed by atoms with E-state index in [1.54, 1.807) is 12.3 Å². The minimum Gasteiger partial charge on any atom is -0.278 e. The molecule has 0 fully saturated rings. The van der Waals surface area contributed by atoms with Gasteiger partial charge in [0.05, 0.1) is 5.69 Å². The fourth-order valence-corrected chi connectivity index (χ4v) is 0.716. The lowest BCUT2D eigenvalue weighted by molar-refractivity contribution is 0.671. The van der Waals surface area contributed by atoms with Crippen LogP contribution in [0.4, 0.5) is 4.39 Å². The van der Waals surface area contributed by atoms with E-state index in [-0.39, 0.29) is 0 Å². The third-order valence-electron chi connectivity index (χ3n) is 1.31. The molecule has 1 N–H and O–H groups in total. The first-order chi connectivity index (χ1) is 5.70. The van der Waals surface area contributed by atoms with Crippen LogP contribution in [0, 0.1) is 0 Å². The predicted octanol–water partition coefficient (Wildman–Crippen LogP) is 2.46. The van der Waals surface area contributed by atoms with Crippen molar-refractivity contribution >= 4 is 5.57 Å². The molecular formula is C9H9FN2. The molecule has 1 rings (SSSR count). The molecule has 0 saturated carbocycles. The maximum absolute atomic E-state index is 12.2. The predicted molar refractivity (Wildman–Crippen MR) is 47.0 cm³/mol. The summed E-state index contributed by atoms with van der Waals surface area (Å²) in [5, 5.41) is 6.44. The van der Waals surface area contributed by atoms with Crippen LogP contribution in [0.2, 0.25) is 0 Å². The first kappa shape index (κ1) is 8.46. The summed E-state index contributed by atoms with van der Waals surface area (Å²) < 4.78 is 12.2. The van der Waals surface area contributed by atoms with E-state index in [0.29, 0.717) is 5.57 Å². The lowest BCUT2D eigenvalue weighted by Gasteiger charge is -1.92. The Balaban J connectivity index is 2.68. The van der Waals surface area contributed by atoms with Gasteiger partial charge >= 0.3 is 0 Å². The zero-order valence-electron chi connectivity index (χ0n) is 6.55. The number of halogens is 1. The van der Waals surface area contributed by atoms with Crippen molar-refractivity contribution < 1.29 is 4.39 Å². The van der Waals surface area contributed by atoms with Gasteiger partial charge in [-0.25, -0.2) is 4.39 Å². The van der Waals surface area contributed by atoms with Crippen LogP contribution in [-0.2, 0) is 0 Å². The Bertz CT molecular complexity index is 309. The zero-order chi connectivity index (χ0) is 8.97. The average Bonchev–Trinajstić information content (AvgIpc) is 2.51. The minimum absolute atomic E-state index is 0.490. The second kappa shape index (κ2) is 3.67. The first-order valence-corrected chi connectivity index (χ1v) is 3.41. The molecule has 12 heavy (non-hydrogen) atoms.